The number of benzene rings is 2. The third-order valence-electron chi connectivity index (χ3n) is 4.79. The number of nitrogens with zero attached hydrogens (tertiary/aromatic N) is 2. The number of fused-ring (bicyclic) bond motifs is 2. The molecule has 0 aromatic heterocycles. The van der Waals surface area contributed by atoms with Crippen molar-refractivity contribution in [2.45, 2.75) is 19.4 Å². The van der Waals surface area contributed by atoms with E-state index in [9.17, 15) is 0 Å². The van der Waals surface area contributed by atoms with Gasteiger partial charge in [-0.05, 0) is 25.5 Å². The maximum atomic E-state index is 6.05. The summed E-state index contributed by atoms with van der Waals surface area (Å²) in [5.74, 6) is 3.06. The average molecular weight is 321 g/mol. The molecule has 4 nitrogen and oxygen atoms in total. The van der Waals surface area contributed by atoms with E-state index in [0.29, 0.717) is 0 Å². The van der Waals surface area contributed by atoms with Crippen LogP contribution in [0.15, 0.2) is 53.5 Å². The summed E-state index contributed by atoms with van der Waals surface area (Å²) in [6, 6.07) is 16.8. The van der Waals surface area contributed by atoms with E-state index < -0.39 is 0 Å². The van der Waals surface area contributed by atoms with Crippen molar-refractivity contribution in [3.63, 3.8) is 0 Å². The van der Waals surface area contributed by atoms with Gasteiger partial charge in [-0.2, -0.15) is 0 Å². The summed E-state index contributed by atoms with van der Waals surface area (Å²) >= 11 is 0. The van der Waals surface area contributed by atoms with E-state index in [1.54, 1.807) is 0 Å². The Labute approximate surface area is 143 Å². The summed E-state index contributed by atoms with van der Waals surface area (Å²) in [6.45, 7) is 6.09. The lowest BCUT2D eigenvalue weighted by Crippen LogP contribution is -2.40. The third-order valence-corrected chi connectivity index (χ3v) is 4.79. The van der Waals surface area contributed by atoms with Gasteiger partial charge in [-0.1, -0.05) is 36.4 Å². The molecule has 0 atom stereocenters. The van der Waals surface area contributed by atoms with Crippen LogP contribution in [0.5, 0.6) is 11.5 Å². The maximum Gasteiger partial charge on any atom is 0.132 e. The van der Waals surface area contributed by atoms with E-state index in [0.717, 1.165) is 49.9 Å². The quantitative estimate of drug-likeness (QED) is 0.935. The molecule has 0 aliphatic carbocycles. The van der Waals surface area contributed by atoms with Gasteiger partial charge in [0.05, 0.1) is 11.9 Å². The molecular formula is C20H23N3O. The van der Waals surface area contributed by atoms with Gasteiger partial charge < -0.3 is 15.0 Å². The van der Waals surface area contributed by atoms with E-state index in [-0.39, 0.29) is 6.04 Å². The first kappa shape index (κ1) is 15.2. The largest absolute Gasteiger partial charge is 0.457 e. The van der Waals surface area contributed by atoms with Gasteiger partial charge in [-0.3, -0.25) is 4.99 Å². The molecule has 2 aliphatic rings. The Morgan fingerprint density at radius 1 is 1.08 bits per heavy atom. The van der Waals surface area contributed by atoms with E-state index in [1.807, 2.05) is 24.3 Å². The molecule has 0 saturated carbocycles. The van der Waals surface area contributed by atoms with E-state index in [2.05, 4.69) is 46.4 Å². The molecule has 124 valence electrons. The second kappa shape index (κ2) is 6.65. The molecule has 2 aliphatic heterocycles. The van der Waals surface area contributed by atoms with Gasteiger partial charge in [-0.15, -0.1) is 0 Å². The lowest BCUT2D eigenvalue weighted by Gasteiger charge is -2.31. The zero-order chi connectivity index (χ0) is 16.4. The second-order valence-corrected chi connectivity index (χ2v) is 6.33. The van der Waals surface area contributed by atoms with Crippen LogP contribution in [-0.2, 0) is 0 Å². The Morgan fingerprint density at radius 3 is 2.42 bits per heavy atom. The molecule has 24 heavy (non-hydrogen) atoms. The molecule has 4 heteroatoms. The number of aliphatic imine (C=N–C) groups is 1. The molecule has 4 rings (SSSR count). The van der Waals surface area contributed by atoms with Crippen molar-refractivity contribution in [3.05, 3.63) is 59.7 Å². The number of nitrogens with one attached hydrogen (secondary N) is 1. The minimum Gasteiger partial charge on any atom is -0.457 e. The van der Waals surface area contributed by atoms with Crippen LogP contribution < -0.4 is 10.1 Å². The van der Waals surface area contributed by atoms with Crippen LogP contribution >= 0.6 is 0 Å². The van der Waals surface area contributed by atoms with Gasteiger partial charge in [0.1, 0.15) is 11.5 Å². The smallest absolute Gasteiger partial charge is 0.132 e. The van der Waals surface area contributed by atoms with Gasteiger partial charge in [-0.25, -0.2) is 0 Å². The monoisotopic (exact) mass is 321 g/mol. The summed E-state index contributed by atoms with van der Waals surface area (Å²) in [4.78, 5) is 6.91. The Balaban J connectivity index is 1.52. The first-order valence-electron chi connectivity index (χ1n) is 8.68. The second-order valence-electron chi connectivity index (χ2n) is 6.33. The lowest BCUT2D eigenvalue weighted by atomic mass is 9.94. The normalized spacial score (nSPS) is 16.9. The van der Waals surface area contributed by atoms with Crippen LogP contribution in [0.1, 0.15) is 30.5 Å². The fourth-order valence-corrected chi connectivity index (χ4v) is 3.51. The number of hydrogen-bond donors (Lipinski definition) is 1. The number of amidine groups is 1. The van der Waals surface area contributed by atoms with Gasteiger partial charge in [0.25, 0.3) is 0 Å². The maximum absolute atomic E-state index is 6.05. The number of hydrogen-bond acceptors (Lipinski definition) is 4. The summed E-state index contributed by atoms with van der Waals surface area (Å²) in [5, 5.41) is 3.73. The fourth-order valence-electron chi connectivity index (χ4n) is 3.51. The van der Waals surface area contributed by atoms with Crippen molar-refractivity contribution in [2.75, 3.05) is 26.2 Å². The van der Waals surface area contributed by atoms with Crippen molar-refractivity contribution >= 4 is 5.84 Å². The molecule has 0 saturated heterocycles. The summed E-state index contributed by atoms with van der Waals surface area (Å²) in [7, 11) is 0. The van der Waals surface area contributed by atoms with Crippen LogP contribution in [0.4, 0.5) is 0 Å². The highest BCUT2D eigenvalue weighted by molar-refractivity contribution is 5.80. The molecule has 1 N–H and O–H groups in total. The van der Waals surface area contributed by atoms with Crippen LogP contribution in [0.2, 0.25) is 0 Å². The zero-order valence-corrected chi connectivity index (χ0v) is 14.0. The molecule has 0 unspecified atom stereocenters. The van der Waals surface area contributed by atoms with Crippen LogP contribution in [0, 0.1) is 0 Å². The van der Waals surface area contributed by atoms with Crippen LogP contribution in [0.3, 0.4) is 0 Å². The minimum atomic E-state index is 0.174. The highest BCUT2D eigenvalue weighted by atomic mass is 16.5. The van der Waals surface area contributed by atoms with Crippen molar-refractivity contribution in [1.82, 2.24) is 10.2 Å². The van der Waals surface area contributed by atoms with Crippen LogP contribution in [0.25, 0.3) is 0 Å². The molecule has 2 aromatic rings. The van der Waals surface area contributed by atoms with Gasteiger partial charge in [0.2, 0.25) is 0 Å². The Hall–Kier alpha value is -2.33. The lowest BCUT2D eigenvalue weighted by molar-refractivity contribution is 0.371. The highest BCUT2D eigenvalue weighted by Gasteiger charge is 2.26. The predicted molar refractivity (Wildman–Crippen MR) is 97.0 cm³/mol. The molecule has 0 amide bonds. The van der Waals surface area contributed by atoms with Crippen molar-refractivity contribution in [1.29, 1.82) is 0 Å². The van der Waals surface area contributed by atoms with Gasteiger partial charge in [0, 0.05) is 37.3 Å². The molecule has 0 bridgehead atoms. The predicted octanol–water partition coefficient (Wildman–Crippen LogP) is 3.60. The van der Waals surface area contributed by atoms with Gasteiger partial charge >= 0.3 is 0 Å². The molecule has 2 aromatic carbocycles. The van der Waals surface area contributed by atoms with Crippen molar-refractivity contribution < 1.29 is 4.74 Å². The average Bonchev–Trinajstić information content (AvgIpc) is 2.62. The Kier molecular flexibility index (Phi) is 4.22. The summed E-state index contributed by atoms with van der Waals surface area (Å²) in [6.07, 6.45) is 1.15. The van der Waals surface area contributed by atoms with Crippen molar-refractivity contribution in [2.24, 2.45) is 4.99 Å². The molecular weight excluding hydrogens is 298 g/mol. The minimum absolute atomic E-state index is 0.174. The Bertz CT molecular complexity index is 711. The van der Waals surface area contributed by atoms with Crippen LogP contribution in [-0.4, -0.2) is 36.9 Å². The molecule has 0 spiro atoms. The van der Waals surface area contributed by atoms with E-state index in [1.165, 1.54) is 11.1 Å². The number of para-hydroxylation sites is 2. The van der Waals surface area contributed by atoms with Gasteiger partial charge in [0.15, 0.2) is 0 Å². The first-order chi connectivity index (χ1) is 11.8. The summed E-state index contributed by atoms with van der Waals surface area (Å²) < 4.78 is 6.05. The third kappa shape index (κ3) is 2.89. The van der Waals surface area contributed by atoms with E-state index >= 15 is 0 Å². The summed E-state index contributed by atoms with van der Waals surface area (Å²) in [5.41, 5.74) is 2.42. The first-order valence-corrected chi connectivity index (χ1v) is 8.68. The molecule has 0 radical (unpaired) electrons. The number of ether oxygens (including phenoxy) is 1. The van der Waals surface area contributed by atoms with E-state index in [4.69, 9.17) is 4.74 Å². The molecule has 0 fully saturated rings. The molecule has 2 heterocycles. The Morgan fingerprint density at radius 2 is 1.75 bits per heavy atom. The zero-order valence-electron chi connectivity index (χ0n) is 14.0. The topological polar surface area (TPSA) is 36.9 Å². The number of rotatable bonds is 4. The SMILES string of the molecule is CC1=NCCCN1CCNC1c2ccccc2Oc2ccccc21. The highest BCUT2D eigenvalue weighted by Crippen LogP contribution is 2.42. The fraction of sp³-hybridized carbons (Fsp3) is 0.350. The van der Waals surface area contributed by atoms with Crippen molar-refractivity contribution in [3.8, 4) is 11.5 Å². The standard InChI is InChI=1S/C20H23N3O/c1-15-21-11-6-13-23(15)14-12-22-20-16-7-2-4-9-18(16)24-19-10-5-3-8-17(19)20/h2-5,7-10,20,22H,6,11-14H2,1H3.